The third-order valence-electron chi connectivity index (χ3n) is 2.16. The van der Waals surface area contributed by atoms with E-state index < -0.39 is 13.5 Å². The van der Waals surface area contributed by atoms with E-state index in [2.05, 4.69) is 20.9 Å². The summed E-state index contributed by atoms with van der Waals surface area (Å²) in [6, 6.07) is 7.19. The molecule has 0 aliphatic rings. The van der Waals surface area contributed by atoms with Gasteiger partial charge in [0, 0.05) is 15.4 Å². The lowest BCUT2D eigenvalue weighted by Crippen LogP contribution is -1.92. The minimum atomic E-state index is -4.79. The van der Waals surface area contributed by atoms with Gasteiger partial charge in [-0.3, -0.25) is 4.57 Å². The number of rotatable bonds is 3. The summed E-state index contributed by atoms with van der Waals surface area (Å²) in [4.78, 5) is 21.4. The largest absolute Gasteiger partial charge is 0.366 e. The second-order valence-electron chi connectivity index (χ2n) is 3.50. The predicted octanol–water partition coefficient (Wildman–Crippen LogP) is 3.72. The van der Waals surface area contributed by atoms with Crippen molar-refractivity contribution in [2.75, 3.05) is 0 Å². The molecule has 0 amide bonds. The fourth-order valence-corrected chi connectivity index (χ4v) is 3.18. The zero-order chi connectivity index (χ0) is 13.3. The van der Waals surface area contributed by atoms with Gasteiger partial charge in [-0.05, 0) is 12.1 Å². The number of alkyl halides is 1. The highest BCUT2D eigenvalue weighted by Gasteiger charge is 2.33. The minimum absolute atomic E-state index is 0.207. The molecule has 1 heterocycles. The van der Waals surface area contributed by atoms with Crippen LogP contribution in [0.3, 0.4) is 0 Å². The summed E-state index contributed by atoms with van der Waals surface area (Å²) in [5.74, 6) is -2.35. The summed E-state index contributed by atoms with van der Waals surface area (Å²) in [6.45, 7) is 0. The first-order valence-corrected chi connectivity index (χ1v) is 8.14. The Kier molecular flexibility index (Phi) is 3.99. The highest BCUT2D eigenvalue weighted by Crippen LogP contribution is 2.53. The van der Waals surface area contributed by atoms with Crippen LogP contribution in [0, 0.1) is 0 Å². The molecule has 4 nitrogen and oxygen atoms in total. The minimum Gasteiger partial charge on any atom is -0.322 e. The highest BCUT2D eigenvalue weighted by atomic mass is 79.9. The van der Waals surface area contributed by atoms with Gasteiger partial charge >= 0.3 is 7.60 Å². The van der Waals surface area contributed by atoms with Crippen LogP contribution in [0.25, 0.3) is 11.3 Å². The summed E-state index contributed by atoms with van der Waals surface area (Å²) in [5.41, 5.74) is 1.26. The fraction of sp³-hybridized carbons (Fsp3) is 0.100. The van der Waals surface area contributed by atoms with Crippen molar-refractivity contribution >= 4 is 34.9 Å². The van der Waals surface area contributed by atoms with Crippen LogP contribution in [0.5, 0.6) is 0 Å². The van der Waals surface area contributed by atoms with Crippen molar-refractivity contribution in [1.82, 2.24) is 4.98 Å². The van der Waals surface area contributed by atoms with E-state index in [1.807, 2.05) is 12.1 Å². The fourth-order valence-electron chi connectivity index (χ4n) is 1.29. The molecular weight excluding hydrogens is 344 g/mol. The van der Waals surface area contributed by atoms with Crippen LogP contribution in [0.15, 0.2) is 34.1 Å². The van der Waals surface area contributed by atoms with Gasteiger partial charge < -0.3 is 9.79 Å². The van der Waals surface area contributed by atoms with Gasteiger partial charge in [-0.1, -0.05) is 28.1 Å². The molecule has 18 heavy (non-hydrogen) atoms. The summed E-state index contributed by atoms with van der Waals surface area (Å²) >= 11 is 4.19. The number of aromatic nitrogens is 1. The van der Waals surface area contributed by atoms with E-state index in [0.717, 1.165) is 21.4 Å². The van der Waals surface area contributed by atoms with Crippen LogP contribution >= 0.6 is 34.9 Å². The molecule has 2 rings (SSSR count). The Balaban J connectivity index is 2.31. The lowest BCUT2D eigenvalue weighted by atomic mass is 10.2. The Bertz CT molecular complexity index is 597. The Morgan fingerprint density at radius 1 is 1.33 bits per heavy atom. The van der Waals surface area contributed by atoms with E-state index >= 15 is 0 Å². The zero-order valence-corrected chi connectivity index (χ0v) is 12.1. The van der Waals surface area contributed by atoms with Gasteiger partial charge in [0.05, 0.1) is 5.69 Å². The van der Waals surface area contributed by atoms with Gasteiger partial charge in [0.2, 0.25) is 0 Å². The molecule has 0 saturated carbocycles. The van der Waals surface area contributed by atoms with Gasteiger partial charge in [0.15, 0.2) is 0 Å². The van der Waals surface area contributed by atoms with Crippen LogP contribution in [-0.4, -0.2) is 14.8 Å². The zero-order valence-electron chi connectivity index (χ0n) is 8.83. The van der Waals surface area contributed by atoms with Crippen LogP contribution in [-0.2, 0) is 4.57 Å². The first kappa shape index (κ1) is 13.8. The maximum Gasteiger partial charge on any atom is 0.366 e. The number of thiazole rings is 1. The summed E-state index contributed by atoms with van der Waals surface area (Å²) in [7, 11) is -4.79. The Hall–Kier alpha value is -0.590. The van der Waals surface area contributed by atoms with Gasteiger partial charge in [0.25, 0.3) is 5.91 Å². The molecule has 0 aliphatic carbocycles. The van der Waals surface area contributed by atoms with Gasteiger partial charge in [-0.15, -0.1) is 11.3 Å². The smallest absolute Gasteiger partial charge is 0.322 e. The van der Waals surface area contributed by atoms with Crippen molar-refractivity contribution < 1.29 is 18.7 Å². The number of hydrogen-bond donors (Lipinski definition) is 2. The van der Waals surface area contributed by atoms with Crippen molar-refractivity contribution in [2.45, 2.75) is 5.91 Å². The van der Waals surface area contributed by atoms with Crippen LogP contribution in [0.4, 0.5) is 4.39 Å². The van der Waals surface area contributed by atoms with Crippen molar-refractivity contribution in [3.05, 3.63) is 39.1 Å². The van der Waals surface area contributed by atoms with Gasteiger partial charge in [-0.2, -0.15) is 0 Å². The van der Waals surface area contributed by atoms with Crippen molar-refractivity contribution in [3.8, 4) is 11.3 Å². The van der Waals surface area contributed by atoms with E-state index in [0.29, 0.717) is 5.69 Å². The van der Waals surface area contributed by atoms with Gasteiger partial charge in [0.1, 0.15) is 5.01 Å². The highest BCUT2D eigenvalue weighted by molar-refractivity contribution is 9.10. The summed E-state index contributed by atoms with van der Waals surface area (Å²) < 4.78 is 25.1. The number of hydrogen-bond acceptors (Lipinski definition) is 3. The molecule has 1 atom stereocenters. The Morgan fingerprint density at radius 2 is 1.94 bits per heavy atom. The maximum atomic E-state index is 13.4. The number of nitrogens with zero attached hydrogens (tertiary/aromatic N) is 1. The molecule has 1 unspecified atom stereocenters. The molecule has 8 heteroatoms. The van der Waals surface area contributed by atoms with Crippen molar-refractivity contribution in [1.29, 1.82) is 0 Å². The number of halogens is 2. The molecule has 2 aromatic rings. The lowest BCUT2D eigenvalue weighted by molar-refractivity contribution is 0.303. The average Bonchev–Trinajstić information content (AvgIpc) is 2.77. The second kappa shape index (κ2) is 5.19. The molecule has 0 aliphatic heterocycles. The molecule has 0 bridgehead atoms. The standard InChI is InChI=1S/C10H8BrFNO3PS/c11-7-3-1-6(2-4-7)8-5-18-10(13-8)9(12)17(14,15)16/h1-5,9H,(H2,14,15,16). The quantitative estimate of drug-likeness (QED) is 0.826. The molecule has 0 radical (unpaired) electrons. The first-order chi connectivity index (χ1) is 8.38. The van der Waals surface area contributed by atoms with Crippen LogP contribution in [0.1, 0.15) is 10.9 Å². The third-order valence-corrected chi connectivity index (χ3v) is 4.58. The lowest BCUT2D eigenvalue weighted by Gasteiger charge is -2.05. The molecular formula is C10H8BrFNO3PS. The monoisotopic (exact) mass is 351 g/mol. The van der Waals surface area contributed by atoms with Crippen molar-refractivity contribution in [2.24, 2.45) is 0 Å². The van der Waals surface area contributed by atoms with E-state index in [1.54, 1.807) is 17.5 Å². The Labute approximate surface area is 115 Å². The topological polar surface area (TPSA) is 70.4 Å². The predicted molar refractivity (Wildman–Crippen MR) is 71.1 cm³/mol. The molecule has 96 valence electrons. The SMILES string of the molecule is O=P(O)(O)C(F)c1nc(-c2ccc(Br)cc2)cs1. The number of benzene rings is 1. The normalized spacial score (nSPS) is 13.6. The summed E-state index contributed by atoms with van der Waals surface area (Å²) in [5, 5.41) is 1.36. The van der Waals surface area contributed by atoms with E-state index in [9.17, 15) is 8.96 Å². The van der Waals surface area contributed by atoms with Crippen LogP contribution < -0.4 is 0 Å². The van der Waals surface area contributed by atoms with Crippen molar-refractivity contribution in [3.63, 3.8) is 0 Å². The van der Waals surface area contributed by atoms with Crippen LogP contribution in [0.2, 0.25) is 0 Å². The molecule has 0 spiro atoms. The molecule has 1 aromatic heterocycles. The third kappa shape index (κ3) is 3.05. The van der Waals surface area contributed by atoms with E-state index in [-0.39, 0.29) is 5.01 Å². The summed E-state index contributed by atoms with van der Waals surface area (Å²) in [6.07, 6.45) is 0. The average molecular weight is 352 g/mol. The first-order valence-electron chi connectivity index (χ1n) is 4.78. The molecule has 0 saturated heterocycles. The second-order valence-corrected chi connectivity index (χ2v) is 6.94. The molecule has 1 aromatic carbocycles. The van der Waals surface area contributed by atoms with E-state index in [1.165, 1.54) is 0 Å². The van der Waals surface area contributed by atoms with Gasteiger partial charge in [-0.25, -0.2) is 9.37 Å². The maximum absolute atomic E-state index is 13.4. The molecule has 0 fully saturated rings. The molecule has 2 N–H and O–H groups in total. The van der Waals surface area contributed by atoms with E-state index in [4.69, 9.17) is 9.79 Å². The Morgan fingerprint density at radius 3 is 2.50 bits per heavy atom.